The van der Waals surface area contributed by atoms with Gasteiger partial charge in [0, 0.05) is 25.2 Å². The lowest BCUT2D eigenvalue weighted by atomic mass is 10.0. The monoisotopic (exact) mass is 274 g/mol. The topological polar surface area (TPSA) is 49.4 Å². The van der Waals surface area contributed by atoms with Gasteiger partial charge in [-0.3, -0.25) is 9.59 Å². The summed E-state index contributed by atoms with van der Waals surface area (Å²) >= 11 is 0. The lowest BCUT2D eigenvalue weighted by Gasteiger charge is -2.14. The average Bonchev–Trinajstić information content (AvgIpc) is 2.73. The second kappa shape index (κ2) is 6.07. The number of nitrogens with zero attached hydrogens (tertiary/aromatic N) is 1. The summed E-state index contributed by atoms with van der Waals surface area (Å²) in [5.74, 6) is 0.332. The smallest absolute Gasteiger partial charge is 0.231 e. The number of likely N-dealkylation sites (N-methyl/N-ethyl adjacent to an activating group) is 1. The van der Waals surface area contributed by atoms with Gasteiger partial charge >= 0.3 is 0 Å². The zero-order valence-electron chi connectivity index (χ0n) is 12.4. The first-order chi connectivity index (χ1) is 9.56. The summed E-state index contributed by atoms with van der Waals surface area (Å²) in [6, 6.07) is 5.95. The van der Waals surface area contributed by atoms with E-state index in [1.807, 2.05) is 32.0 Å². The van der Waals surface area contributed by atoms with Crippen LogP contribution in [0.3, 0.4) is 0 Å². The molecule has 1 aromatic rings. The van der Waals surface area contributed by atoms with Crippen LogP contribution in [0.5, 0.6) is 0 Å². The standard InChI is InChI=1S/C16H22N2O2/c1-4-12(5-2)16(20)17-10-11-6-7-14-13(8-11)9-15(19)18(14)3/h6-8,12H,4-5,9-10H2,1-3H3,(H,17,20). The highest BCUT2D eigenvalue weighted by Gasteiger charge is 2.23. The molecule has 2 rings (SSSR count). The van der Waals surface area contributed by atoms with Gasteiger partial charge in [-0.05, 0) is 30.0 Å². The third-order valence-corrected chi connectivity index (χ3v) is 4.04. The van der Waals surface area contributed by atoms with Crippen LogP contribution in [0.4, 0.5) is 5.69 Å². The van der Waals surface area contributed by atoms with Gasteiger partial charge in [-0.25, -0.2) is 0 Å². The first kappa shape index (κ1) is 14.6. The number of hydrogen-bond donors (Lipinski definition) is 1. The van der Waals surface area contributed by atoms with E-state index in [0.717, 1.165) is 29.7 Å². The number of benzene rings is 1. The zero-order chi connectivity index (χ0) is 14.7. The van der Waals surface area contributed by atoms with Crippen molar-refractivity contribution in [3.8, 4) is 0 Å². The Balaban J connectivity index is 2.01. The predicted molar refractivity (Wildman–Crippen MR) is 79.5 cm³/mol. The van der Waals surface area contributed by atoms with E-state index in [-0.39, 0.29) is 17.7 Å². The van der Waals surface area contributed by atoms with Gasteiger partial charge in [0.2, 0.25) is 11.8 Å². The van der Waals surface area contributed by atoms with Crippen molar-refractivity contribution in [2.24, 2.45) is 5.92 Å². The maximum absolute atomic E-state index is 11.9. The minimum atomic E-state index is 0.0946. The summed E-state index contributed by atoms with van der Waals surface area (Å²) in [6.07, 6.45) is 2.19. The number of carbonyl (C=O) groups excluding carboxylic acids is 2. The van der Waals surface area contributed by atoms with Crippen LogP contribution in [0.2, 0.25) is 0 Å². The fourth-order valence-corrected chi connectivity index (χ4v) is 2.63. The highest BCUT2D eigenvalue weighted by Crippen LogP contribution is 2.28. The van der Waals surface area contributed by atoms with Gasteiger partial charge in [0.05, 0.1) is 6.42 Å². The van der Waals surface area contributed by atoms with Gasteiger partial charge in [-0.2, -0.15) is 0 Å². The molecule has 4 nitrogen and oxygen atoms in total. The molecule has 0 atom stereocenters. The Bertz CT molecular complexity index is 521. The fourth-order valence-electron chi connectivity index (χ4n) is 2.63. The van der Waals surface area contributed by atoms with E-state index in [1.54, 1.807) is 11.9 Å². The number of anilines is 1. The van der Waals surface area contributed by atoms with Crippen LogP contribution in [0.15, 0.2) is 18.2 Å². The molecule has 1 aliphatic heterocycles. The molecule has 0 aromatic heterocycles. The molecule has 2 amide bonds. The Morgan fingerprint density at radius 1 is 1.35 bits per heavy atom. The van der Waals surface area contributed by atoms with E-state index in [9.17, 15) is 9.59 Å². The molecule has 108 valence electrons. The molecule has 1 N–H and O–H groups in total. The van der Waals surface area contributed by atoms with Crippen molar-refractivity contribution in [2.75, 3.05) is 11.9 Å². The quantitative estimate of drug-likeness (QED) is 0.895. The number of amides is 2. The third kappa shape index (κ3) is 2.84. The highest BCUT2D eigenvalue weighted by molar-refractivity contribution is 6.00. The molecule has 1 heterocycles. The minimum Gasteiger partial charge on any atom is -0.352 e. The molecule has 1 aliphatic rings. The van der Waals surface area contributed by atoms with Crippen LogP contribution in [0, 0.1) is 5.92 Å². The molecular formula is C16H22N2O2. The largest absolute Gasteiger partial charge is 0.352 e. The van der Waals surface area contributed by atoms with Crippen LogP contribution in [0.1, 0.15) is 37.8 Å². The second-order valence-corrected chi connectivity index (χ2v) is 5.32. The Morgan fingerprint density at radius 3 is 2.70 bits per heavy atom. The summed E-state index contributed by atoms with van der Waals surface area (Å²) in [5.41, 5.74) is 3.07. The molecule has 1 aromatic carbocycles. The molecule has 0 saturated carbocycles. The van der Waals surface area contributed by atoms with Gasteiger partial charge in [0.15, 0.2) is 0 Å². The van der Waals surface area contributed by atoms with Crippen molar-refractivity contribution < 1.29 is 9.59 Å². The molecule has 0 fully saturated rings. The molecule has 0 saturated heterocycles. The number of carbonyl (C=O) groups is 2. The van der Waals surface area contributed by atoms with Gasteiger partial charge in [0.1, 0.15) is 0 Å². The summed E-state index contributed by atoms with van der Waals surface area (Å²) < 4.78 is 0. The second-order valence-electron chi connectivity index (χ2n) is 5.32. The van der Waals surface area contributed by atoms with Crippen LogP contribution in [-0.2, 0) is 22.6 Å². The van der Waals surface area contributed by atoms with Crippen LogP contribution in [-0.4, -0.2) is 18.9 Å². The lowest BCUT2D eigenvalue weighted by molar-refractivity contribution is -0.125. The summed E-state index contributed by atoms with van der Waals surface area (Å²) in [4.78, 5) is 25.3. The van der Waals surface area contributed by atoms with E-state index in [4.69, 9.17) is 0 Å². The highest BCUT2D eigenvalue weighted by atomic mass is 16.2. The Hall–Kier alpha value is -1.84. The van der Waals surface area contributed by atoms with Gasteiger partial charge in [-0.1, -0.05) is 26.0 Å². The number of rotatable bonds is 5. The van der Waals surface area contributed by atoms with E-state index >= 15 is 0 Å². The van der Waals surface area contributed by atoms with Crippen LogP contribution >= 0.6 is 0 Å². The molecule has 0 bridgehead atoms. The predicted octanol–water partition coefficient (Wildman–Crippen LogP) is 2.26. The molecule has 0 unspecified atom stereocenters. The van der Waals surface area contributed by atoms with Crippen molar-refractivity contribution >= 4 is 17.5 Å². The first-order valence-corrected chi connectivity index (χ1v) is 7.22. The van der Waals surface area contributed by atoms with Crippen molar-refractivity contribution in [3.63, 3.8) is 0 Å². The maximum atomic E-state index is 11.9. The van der Waals surface area contributed by atoms with E-state index in [2.05, 4.69) is 5.32 Å². The lowest BCUT2D eigenvalue weighted by Crippen LogP contribution is -2.29. The van der Waals surface area contributed by atoms with Crippen molar-refractivity contribution in [1.29, 1.82) is 0 Å². The summed E-state index contributed by atoms with van der Waals surface area (Å²) in [6.45, 7) is 4.59. The molecule has 0 aliphatic carbocycles. The normalized spacial score (nSPS) is 13.8. The van der Waals surface area contributed by atoms with Crippen LogP contribution in [0.25, 0.3) is 0 Å². The molecule has 0 spiro atoms. The molecule has 20 heavy (non-hydrogen) atoms. The van der Waals surface area contributed by atoms with E-state index in [0.29, 0.717) is 13.0 Å². The minimum absolute atomic E-state index is 0.0946. The Morgan fingerprint density at radius 2 is 2.05 bits per heavy atom. The van der Waals surface area contributed by atoms with Gasteiger partial charge in [0.25, 0.3) is 0 Å². The number of hydrogen-bond acceptors (Lipinski definition) is 2. The summed E-state index contributed by atoms with van der Waals surface area (Å²) in [7, 11) is 1.79. The molecular weight excluding hydrogens is 252 g/mol. The summed E-state index contributed by atoms with van der Waals surface area (Å²) in [5, 5.41) is 2.98. The van der Waals surface area contributed by atoms with Crippen molar-refractivity contribution in [2.45, 2.75) is 39.7 Å². The van der Waals surface area contributed by atoms with E-state index in [1.165, 1.54) is 0 Å². The maximum Gasteiger partial charge on any atom is 0.231 e. The first-order valence-electron chi connectivity index (χ1n) is 7.22. The molecule has 0 radical (unpaired) electrons. The Labute approximate surface area is 120 Å². The van der Waals surface area contributed by atoms with E-state index < -0.39 is 0 Å². The van der Waals surface area contributed by atoms with Crippen molar-refractivity contribution in [1.82, 2.24) is 5.32 Å². The fraction of sp³-hybridized carbons (Fsp3) is 0.500. The van der Waals surface area contributed by atoms with Gasteiger partial charge in [-0.15, -0.1) is 0 Å². The third-order valence-electron chi connectivity index (χ3n) is 4.04. The van der Waals surface area contributed by atoms with Gasteiger partial charge < -0.3 is 10.2 Å². The van der Waals surface area contributed by atoms with Crippen molar-refractivity contribution in [3.05, 3.63) is 29.3 Å². The van der Waals surface area contributed by atoms with Crippen LogP contribution < -0.4 is 10.2 Å². The number of nitrogens with one attached hydrogen (secondary N) is 1. The number of fused-ring (bicyclic) bond motifs is 1. The molecule has 4 heteroatoms. The Kier molecular flexibility index (Phi) is 4.42. The SMILES string of the molecule is CCC(CC)C(=O)NCc1ccc2c(c1)CC(=O)N2C. The zero-order valence-corrected chi connectivity index (χ0v) is 12.4. The average molecular weight is 274 g/mol.